The number of pyridine rings is 1. The van der Waals surface area contributed by atoms with Crippen molar-refractivity contribution in [2.45, 2.75) is 31.3 Å². The molecule has 0 amide bonds. The molecule has 1 unspecified atom stereocenters. The number of piperazine rings is 1. The zero-order valence-corrected chi connectivity index (χ0v) is 18.3. The number of thioether (sulfide) groups is 1. The fourth-order valence-corrected chi connectivity index (χ4v) is 4.56. The normalized spacial score (nSPS) is 16.8. The van der Waals surface area contributed by atoms with E-state index in [1.54, 1.807) is 22.4 Å². The van der Waals surface area contributed by atoms with Crippen LogP contribution in [0, 0.1) is 6.92 Å². The van der Waals surface area contributed by atoms with E-state index in [2.05, 4.69) is 34.1 Å². The zero-order chi connectivity index (χ0) is 21.0. The van der Waals surface area contributed by atoms with Gasteiger partial charge in [0.15, 0.2) is 0 Å². The molecule has 158 valence electrons. The van der Waals surface area contributed by atoms with E-state index in [1.165, 1.54) is 4.90 Å². The van der Waals surface area contributed by atoms with E-state index in [-0.39, 0.29) is 24.0 Å². The Balaban J connectivity index is 2.06. The molecule has 0 saturated carbocycles. The summed E-state index contributed by atoms with van der Waals surface area (Å²) in [4.78, 5) is 19.0. The smallest absolute Gasteiger partial charge is 0.259 e. The van der Waals surface area contributed by atoms with Crippen molar-refractivity contribution < 1.29 is 10.2 Å². The fourth-order valence-electron chi connectivity index (χ4n) is 4.15. The molecule has 6 nitrogen and oxygen atoms in total. The van der Waals surface area contributed by atoms with Crippen LogP contribution in [0.2, 0.25) is 0 Å². The Kier molecular flexibility index (Phi) is 7.40. The second kappa shape index (κ2) is 9.80. The van der Waals surface area contributed by atoms with Crippen LogP contribution in [0.5, 0.6) is 5.75 Å². The zero-order valence-electron chi connectivity index (χ0n) is 17.5. The molecule has 0 aliphatic carbocycles. The topological polar surface area (TPSA) is 68.9 Å². The molecule has 0 spiro atoms. The summed E-state index contributed by atoms with van der Waals surface area (Å²) >= 11 is 1.68. The molecule has 29 heavy (non-hydrogen) atoms. The molecular weight excluding hydrogens is 386 g/mol. The number of nitrogens with zero attached hydrogens (tertiary/aromatic N) is 3. The Morgan fingerprint density at radius 1 is 1.14 bits per heavy atom. The van der Waals surface area contributed by atoms with Gasteiger partial charge in [-0.15, -0.1) is 11.8 Å². The lowest BCUT2D eigenvalue weighted by Crippen LogP contribution is -2.49. The summed E-state index contributed by atoms with van der Waals surface area (Å²) in [6, 6.07) is 9.66. The molecule has 7 heteroatoms. The Morgan fingerprint density at radius 2 is 1.79 bits per heavy atom. The van der Waals surface area contributed by atoms with Gasteiger partial charge in [-0.3, -0.25) is 14.6 Å². The maximum absolute atomic E-state index is 13.3. The van der Waals surface area contributed by atoms with Crippen molar-refractivity contribution >= 4 is 11.8 Å². The van der Waals surface area contributed by atoms with Crippen LogP contribution in [0.1, 0.15) is 29.8 Å². The second-order valence-electron chi connectivity index (χ2n) is 7.41. The van der Waals surface area contributed by atoms with E-state index in [1.807, 2.05) is 20.1 Å². The van der Waals surface area contributed by atoms with Crippen LogP contribution in [0.25, 0.3) is 0 Å². The molecule has 2 aromatic rings. The number of rotatable bonds is 7. The van der Waals surface area contributed by atoms with Gasteiger partial charge in [0.25, 0.3) is 5.56 Å². The van der Waals surface area contributed by atoms with Gasteiger partial charge >= 0.3 is 0 Å². The van der Waals surface area contributed by atoms with Crippen LogP contribution in [-0.2, 0) is 6.54 Å². The molecule has 0 radical (unpaired) electrons. The van der Waals surface area contributed by atoms with Gasteiger partial charge in [0.05, 0.1) is 18.2 Å². The third kappa shape index (κ3) is 4.69. The number of aryl methyl sites for hydroxylation is 1. The molecule has 2 N–H and O–H groups in total. The van der Waals surface area contributed by atoms with Gasteiger partial charge in [0.1, 0.15) is 5.75 Å². The van der Waals surface area contributed by atoms with E-state index in [0.29, 0.717) is 18.7 Å². The highest BCUT2D eigenvalue weighted by atomic mass is 32.2. The van der Waals surface area contributed by atoms with Crippen LogP contribution < -0.4 is 5.56 Å². The van der Waals surface area contributed by atoms with Crippen molar-refractivity contribution in [1.82, 2.24) is 14.4 Å². The molecule has 1 saturated heterocycles. The van der Waals surface area contributed by atoms with Gasteiger partial charge in [0, 0.05) is 49.9 Å². The Morgan fingerprint density at radius 3 is 2.34 bits per heavy atom. The third-order valence-electron chi connectivity index (χ3n) is 5.73. The molecule has 1 aliphatic rings. The number of hydrogen-bond donors (Lipinski definition) is 2. The van der Waals surface area contributed by atoms with Gasteiger partial charge in [-0.2, -0.15) is 0 Å². The molecule has 1 atom stereocenters. The SMILES string of the molecule is CCn1c(C)cc(O)c(C(c2ccc(SC)cc2)N2CCN(CCO)CC2)c1=O. The average Bonchev–Trinajstić information content (AvgIpc) is 2.72. The van der Waals surface area contributed by atoms with Gasteiger partial charge in [0.2, 0.25) is 0 Å². The maximum atomic E-state index is 13.3. The number of β-amino-alcohol motifs (C(OH)–C–C–N with tert-alkyl or cyclic N) is 1. The molecule has 1 aromatic heterocycles. The van der Waals surface area contributed by atoms with E-state index in [4.69, 9.17) is 0 Å². The molecule has 1 aromatic carbocycles. The van der Waals surface area contributed by atoms with Crippen molar-refractivity contribution in [3.8, 4) is 5.75 Å². The van der Waals surface area contributed by atoms with Gasteiger partial charge in [-0.25, -0.2) is 0 Å². The number of aromatic hydroxyl groups is 1. The van der Waals surface area contributed by atoms with Crippen LogP contribution in [-0.4, -0.2) is 70.2 Å². The van der Waals surface area contributed by atoms with Crippen molar-refractivity contribution in [3.63, 3.8) is 0 Å². The first-order chi connectivity index (χ1) is 14.0. The molecule has 1 fully saturated rings. The first-order valence-corrected chi connectivity index (χ1v) is 11.4. The fraction of sp³-hybridized carbons (Fsp3) is 0.500. The predicted molar refractivity (Wildman–Crippen MR) is 118 cm³/mol. The second-order valence-corrected chi connectivity index (χ2v) is 8.29. The van der Waals surface area contributed by atoms with E-state index >= 15 is 0 Å². The lowest BCUT2D eigenvalue weighted by molar-refractivity contribution is 0.0932. The Hall–Kier alpha value is -1.80. The van der Waals surface area contributed by atoms with Gasteiger partial charge in [-0.1, -0.05) is 12.1 Å². The number of benzene rings is 1. The summed E-state index contributed by atoms with van der Waals surface area (Å²) in [6.45, 7) is 8.39. The van der Waals surface area contributed by atoms with E-state index in [0.717, 1.165) is 37.4 Å². The van der Waals surface area contributed by atoms with Crippen molar-refractivity contribution in [1.29, 1.82) is 0 Å². The van der Waals surface area contributed by atoms with Crippen molar-refractivity contribution in [2.24, 2.45) is 0 Å². The molecule has 1 aliphatic heterocycles. The standard InChI is InChI=1S/C22H31N3O3S/c1-4-25-16(2)15-19(27)20(22(25)28)21(17-5-7-18(29-3)8-6-17)24-11-9-23(10-12-24)13-14-26/h5-8,15,21,26-27H,4,9-14H2,1-3H3. The summed E-state index contributed by atoms with van der Waals surface area (Å²) in [5, 5.41) is 20.0. The third-order valence-corrected chi connectivity index (χ3v) is 6.48. The maximum Gasteiger partial charge on any atom is 0.259 e. The van der Waals surface area contributed by atoms with Crippen molar-refractivity contribution in [3.05, 3.63) is 57.5 Å². The first-order valence-electron chi connectivity index (χ1n) is 10.1. The highest BCUT2D eigenvalue weighted by Gasteiger charge is 2.31. The highest BCUT2D eigenvalue weighted by Crippen LogP contribution is 2.34. The minimum Gasteiger partial charge on any atom is -0.507 e. The summed E-state index contributed by atoms with van der Waals surface area (Å²) in [6.07, 6.45) is 2.04. The monoisotopic (exact) mass is 417 g/mol. The number of aromatic nitrogens is 1. The number of hydrogen-bond acceptors (Lipinski definition) is 6. The summed E-state index contributed by atoms with van der Waals surface area (Å²) in [5.41, 5.74) is 2.10. The van der Waals surface area contributed by atoms with Gasteiger partial charge < -0.3 is 14.8 Å². The summed E-state index contributed by atoms with van der Waals surface area (Å²) < 4.78 is 1.72. The lowest BCUT2D eigenvalue weighted by atomic mass is 9.96. The molecule has 2 heterocycles. The Labute approximate surface area is 176 Å². The van der Waals surface area contributed by atoms with E-state index in [9.17, 15) is 15.0 Å². The van der Waals surface area contributed by atoms with Crippen LogP contribution in [0.15, 0.2) is 40.0 Å². The first kappa shape index (κ1) is 21.9. The largest absolute Gasteiger partial charge is 0.507 e. The van der Waals surface area contributed by atoms with Crippen LogP contribution in [0.3, 0.4) is 0 Å². The molecule has 3 rings (SSSR count). The quantitative estimate of drug-likeness (QED) is 0.674. The van der Waals surface area contributed by atoms with Gasteiger partial charge in [-0.05, 0) is 43.9 Å². The average molecular weight is 418 g/mol. The van der Waals surface area contributed by atoms with Crippen LogP contribution in [0.4, 0.5) is 0 Å². The highest BCUT2D eigenvalue weighted by molar-refractivity contribution is 7.98. The number of aliphatic hydroxyl groups is 1. The summed E-state index contributed by atoms with van der Waals surface area (Å²) in [7, 11) is 0. The molecule has 0 bridgehead atoms. The lowest BCUT2D eigenvalue weighted by Gasteiger charge is -2.39. The van der Waals surface area contributed by atoms with E-state index < -0.39 is 0 Å². The predicted octanol–water partition coefficient (Wildman–Crippen LogP) is 2.30. The minimum atomic E-state index is -0.298. The van der Waals surface area contributed by atoms with Crippen LogP contribution >= 0.6 is 11.8 Å². The number of aliphatic hydroxyl groups excluding tert-OH is 1. The molecular formula is C22H31N3O3S. The van der Waals surface area contributed by atoms with Crippen molar-refractivity contribution in [2.75, 3.05) is 45.6 Å². The summed E-state index contributed by atoms with van der Waals surface area (Å²) in [5.74, 6) is 0.0638. The minimum absolute atomic E-state index is 0.0638. The Bertz CT molecular complexity index is 874.